The second-order valence-electron chi connectivity index (χ2n) is 5.45. The van der Waals surface area contributed by atoms with E-state index in [-0.39, 0.29) is 29.1 Å². The van der Waals surface area contributed by atoms with Crippen LogP contribution in [0.2, 0.25) is 0 Å². The van der Waals surface area contributed by atoms with Gasteiger partial charge >= 0.3 is 5.97 Å². The van der Waals surface area contributed by atoms with Crippen molar-refractivity contribution < 1.29 is 26.7 Å². The monoisotopic (exact) mass is 311 g/mol. The SMILES string of the molecule is C=C(C)C(=O)O[N+](C)(Cc1ccccc1)C(CC)CC.[Cl-]. The maximum absolute atomic E-state index is 11.9. The van der Waals surface area contributed by atoms with Crippen LogP contribution in [0.4, 0.5) is 0 Å². The lowest BCUT2D eigenvalue weighted by atomic mass is 10.1. The first-order chi connectivity index (χ1) is 9.42. The zero-order valence-electron chi connectivity index (χ0n) is 13.4. The summed E-state index contributed by atoms with van der Waals surface area (Å²) in [6.45, 7) is 10.3. The molecular formula is C17H26ClNO2. The molecule has 1 aromatic carbocycles. The summed E-state index contributed by atoms with van der Waals surface area (Å²) in [4.78, 5) is 17.7. The molecule has 0 amide bonds. The summed E-state index contributed by atoms with van der Waals surface area (Å²) in [6.07, 6.45) is 1.92. The third-order valence-corrected chi connectivity index (χ3v) is 3.69. The van der Waals surface area contributed by atoms with E-state index in [1.54, 1.807) is 6.92 Å². The number of rotatable bonds is 7. The van der Waals surface area contributed by atoms with Gasteiger partial charge in [-0.15, -0.1) is 4.65 Å². The smallest absolute Gasteiger partial charge is 0.392 e. The van der Waals surface area contributed by atoms with E-state index in [9.17, 15) is 4.79 Å². The maximum Gasteiger partial charge on any atom is 0.392 e. The summed E-state index contributed by atoms with van der Waals surface area (Å²) in [6, 6.07) is 10.4. The van der Waals surface area contributed by atoms with Crippen LogP contribution in [0.3, 0.4) is 0 Å². The van der Waals surface area contributed by atoms with Crippen molar-refractivity contribution in [1.29, 1.82) is 0 Å². The van der Waals surface area contributed by atoms with Crippen LogP contribution in [0.5, 0.6) is 0 Å². The minimum atomic E-state index is -0.324. The Labute approximate surface area is 134 Å². The molecule has 0 radical (unpaired) electrons. The molecule has 0 saturated carbocycles. The topological polar surface area (TPSA) is 26.3 Å². The van der Waals surface area contributed by atoms with Gasteiger partial charge in [0.25, 0.3) is 0 Å². The number of carbonyl (C=O) groups is 1. The number of quaternary nitrogens is 1. The normalized spacial score (nSPS) is 13.2. The average Bonchev–Trinajstić information content (AvgIpc) is 2.40. The van der Waals surface area contributed by atoms with E-state index < -0.39 is 0 Å². The van der Waals surface area contributed by atoms with Crippen molar-refractivity contribution in [1.82, 2.24) is 0 Å². The molecule has 0 bridgehead atoms. The van der Waals surface area contributed by atoms with Gasteiger partial charge < -0.3 is 12.4 Å². The zero-order chi connectivity index (χ0) is 15.2. The summed E-state index contributed by atoms with van der Waals surface area (Å²) >= 11 is 0. The van der Waals surface area contributed by atoms with E-state index in [1.165, 1.54) is 0 Å². The van der Waals surface area contributed by atoms with Crippen molar-refractivity contribution >= 4 is 5.97 Å². The fourth-order valence-corrected chi connectivity index (χ4v) is 2.51. The third kappa shape index (κ3) is 5.52. The number of hydrogen-bond donors (Lipinski definition) is 0. The molecule has 4 heteroatoms. The Morgan fingerprint density at radius 2 is 1.76 bits per heavy atom. The molecule has 0 N–H and O–H groups in total. The van der Waals surface area contributed by atoms with E-state index in [0.29, 0.717) is 12.1 Å². The predicted octanol–water partition coefficient (Wildman–Crippen LogP) is 0.860. The fourth-order valence-electron chi connectivity index (χ4n) is 2.51. The molecule has 0 aliphatic rings. The maximum atomic E-state index is 11.9. The van der Waals surface area contributed by atoms with Gasteiger partial charge in [-0.2, -0.15) is 0 Å². The molecule has 0 heterocycles. The minimum absolute atomic E-state index is 0. The number of benzene rings is 1. The molecule has 3 nitrogen and oxygen atoms in total. The van der Waals surface area contributed by atoms with Crippen LogP contribution in [0.25, 0.3) is 0 Å². The number of nitrogens with zero attached hydrogens (tertiary/aromatic N) is 1. The molecule has 21 heavy (non-hydrogen) atoms. The second kappa shape index (κ2) is 8.85. The fraction of sp³-hybridized carbons (Fsp3) is 0.471. The van der Waals surface area contributed by atoms with Gasteiger partial charge in [0.15, 0.2) is 0 Å². The lowest BCUT2D eigenvalue weighted by molar-refractivity contribution is -1.10. The van der Waals surface area contributed by atoms with E-state index >= 15 is 0 Å². The van der Waals surface area contributed by atoms with Crippen LogP contribution in [0.15, 0.2) is 42.5 Å². The van der Waals surface area contributed by atoms with Gasteiger partial charge in [0.05, 0.1) is 0 Å². The Morgan fingerprint density at radius 1 is 1.24 bits per heavy atom. The second-order valence-corrected chi connectivity index (χ2v) is 5.45. The lowest BCUT2D eigenvalue weighted by Crippen LogP contribution is -3.00. The first kappa shape index (κ1) is 19.7. The molecule has 0 fully saturated rings. The highest BCUT2D eigenvalue weighted by Crippen LogP contribution is 2.23. The summed E-state index contributed by atoms with van der Waals surface area (Å²) in [5.74, 6) is -0.324. The van der Waals surface area contributed by atoms with Gasteiger partial charge in [0.2, 0.25) is 0 Å². The van der Waals surface area contributed by atoms with E-state index in [0.717, 1.165) is 18.4 Å². The van der Waals surface area contributed by atoms with Gasteiger partial charge in [-0.1, -0.05) is 50.8 Å². The van der Waals surface area contributed by atoms with Crippen molar-refractivity contribution in [3.63, 3.8) is 0 Å². The van der Waals surface area contributed by atoms with Crippen molar-refractivity contribution in [2.45, 2.75) is 46.2 Å². The highest BCUT2D eigenvalue weighted by molar-refractivity contribution is 5.86. The predicted molar refractivity (Wildman–Crippen MR) is 81.6 cm³/mol. The first-order valence-electron chi connectivity index (χ1n) is 7.21. The van der Waals surface area contributed by atoms with Crippen molar-refractivity contribution in [2.24, 2.45) is 0 Å². The van der Waals surface area contributed by atoms with Gasteiger partial charge in [-0.05, 0) is 6.92 Å². The molecule has 118 valence electrons. The van der Waals surface area contributed by atoms with Crippen molar-refractivity contribution in [3.05, 3.63) is 48.0 Å². The molecule has 1 rings (SSSR count). The van der Waals surface area contributed by atoms with Crippen molar-refractivity contribution in [3.8, 4) is 0 Å². The van der Waals surface area contributed by atoms with Crippen LogP contribution >= 0.6 is 0 Å². The van der Waals surface area contributed by atoms with Crippen LogP contribution in [0.1, 0.15) is 39.2 Å². The standard InChI is InChI=1S/C17H26NO2.ClH/c1-6-16(7-2)18(5,20-17(19)14(3)4)13-15-11-9-8-10-12-15;/h8-12,16H,3,6-7,13H2,1-2,4-5H3;1H/q+1;/p-1. The van der Waals surface area contributed by atoms with Crippen LogP contribution in [-0.2, 0) is 16.2 Å². The molecule has 0 aliphatic carbocycles. The Balaban J connectivity index is 0.00000400. The quantitative estimate of drug-likeness (QED) is 0.424. The molecule has 1 unspecified atom stereocenters. The van der Waals surface area contributed by atoms with Crippen LogP contribution in [0, 0.1) is 0 Å². The third-order valence-electron chi connectivity index (χ3n) is 3.69. The summed E-state index contributed by atoms with van der Waals surface area (Å²) in [5, 5.41) is 0. The summed E-state index contributed by atoms with van der Waals surface area (Å²) < 4.78 is 0.267. The van der Waals surface area contributed by atoms with Gasteiger partial charge in [-0.25, -0.2) is 4.79 Å². The zero-order valence-corrected chi connectivity index (χ0v) is 14.2. The molecule has 1 aromatic rings. The number of halogens is 1. The Kier molecular flexibility index (Phi) is 8.30. The minimum Gasteiger partial charge on any atom is -1.00 e. The number of hydroxylamine groups is 3. The number of hydrogen-bond acceptors (Lipinski definition) is 2. The molecule has 0 aliphatic heterocycles. The van der Waals surface area contributed by atoms with Crippen molar-refractivity contribution in [2.75, 3.05) is 7.05 Å². The lowest BCUT2D eigenvalue weighted by Gasteiger charge is -2.37. The van der Waals surface area contributed by atoms with Gasteiger partial charge in [0, 0.05) is 24.0 Å². The van der Waals surface area contributed by atoms with E-state index in [1.807, 2.05) is 25.2 Å². The largest absolute Gasteiger partial charge is 1.00 e. The van der Waals surface area contributed by atoms with E-state index in [4.69, 9.17) is 4.84 Å². The highest BCUT2D eigenvalue weighted by atomic mass is 35.5. The molecule has 0 saturated heterocycles. The Morgan fingerprint density at radius 3 is 2.19 bits per heavy atom. The summed E-state index contributed by atoms with van der Waals surface area (Å²) in [7, 11) is 1.98. The Bertz CT molecular complexity index is 457. The molecular weight excluding hydrogens is 286 g/mol. The molecule has 0 spiro atoms. The number of carbonyl (C=O) groups excluding carboxylic acids is 1. The molecule has 0 aromatic heterocycles. The average molecular weight is 312 g/mol. The van der Waals surface area contributed by atoms with Gasteiger partial charge in [-0.3, -0.25) is 4.84 Å². The van der Waals surface area contributed by atoms with Crippen LogP contribution < -0.4 is 12.4 Å². The highest BCUT2D eigenvalue weighted by Gasteiger charge is 2.36. The first-order valence-corrected chi connectivity index (χ1v) is 7.21. The Hall–Kier alpha value is -1.32. The van der Waals surface area contributed by atoms with Gasteiger partial charge in [0.1, 0.15) is 19.6 Å². The van der Waals surface area contributed by atoms with Crippen LogP contribution in [-0.4, -0.2) is 23.7 Å². The molecule has 1 atom stereocenters. The summed E-state index contributed by atoms with van der Waals surface area (Å²) in [5.41, 5.74) is 1.60. The van der Waals surface area contributed by atoms with E-state index in [2.05, 4.69) is 32.6 Å².